The average Bonchev–Trinajstić information content (AvgIpc) is 3.70. The van der Waals surface area contributed by atoms with Crippen molar-refractivity contribution in [1.82, 2.24) is 9.38 Å². The lowest BCUT2D eigenvalue weighted by atomic mass is 9.92. The summed E-state index contributed by atoms with van der Waals surface area (Å²) in [7, 11) is 0. The number of hydrogen-bond donors (Lipinski definition) is 0. The van der Waals surface area contributed by atoms with Gasteiger partial charge in [-0.15, -0.1) is 11.3 Å². The van der Waals surface area contributed by atoms with E-state index < -0.39 is 0 Å². The SMILES string of the molecule is c1ccc(-c2ccc3c(c2)c2cc(-c4cccc(-c5ccc6c(c5)sc5ccccc56)c4)ccc2c2c3nc3ccccn32)cc1. The van der Waals surface area contributed by atoms with Gasteiger partial charge in [0, 0.05) is 37.1 Å². The molecule has 0 spiro atoms. The largest absolute Gasteiger partial charge is 0.299 e. The van der Waals surface area contributed by atoms with Crippen LogP contribution < -0.4 is 0 Å². The predicted octanol–water partition coefficient (Wildman–Crippen LogP) is 12.2. The Balaban J connectivity index is 1.18. The molecule has 0 aliphatic heterocycles. The summed E-state index contributed by atoms with van der Waals surface area (Å²) in [6.45, 7) is 0. The first-order valence-corrected chi connectivity index (χ1v) is 16.4. The van der Waals surface area contributed by atoms with Crippen molar-refractivity contribution in [3.8, 4) is 33.4 Å². The van der Waals surface area contributed by atoms with Gasteiger partial charge in [-0.2, -0.15) is 0 Å². The van der Waals surface area contributed by atoms with E-state index in [0.717, 1.165) is 16.7 Å². The zero-order valence-electron chi connectivity index (χ0n) is 24.8. The topological polar surface area (TPSA) is 17.3 Å². The molecular formula is C43H26N2S. The number of pyridine rings is 1. The maximum Gasteiger partial charge on any atom is 0.137 e. The zero-order chi connectivity index (χ0) is 30.2. The lowest BCUT2D eigenvalue weighted by Gasteiger charge is -2.12. The fourth-order valence-electron chi connectivity index (χ4n) is 7.16. The van der Waals surface area contributed by atoms with Gasteiger partial charge in [0.25, 0.3) is 0 Å². The second kappa shape index (κ2) is 9.87. The number of imidazole rings is 1. The minimum absolute atomic E-state index is 0.964. The third-order valence-electron chi connectivity index (χ3n) is 9.38. The third-order valence-corrected chi connectivity index (χ3v) is 10.5. The molecule has 0 saturated carbocycles. The Kier molecular flexibility index (Phi) is 5.48. The van der Waals surface area contributed by atoms with Crippen LogP contribution in [0.25, 0.3) is 91.8 Å². The van der Waals surface area contributed by atoms with Crippen LogP contribution in [0.5, 0.6) is 0 Å². The molecule has 3 heterocycles. The highest BCUT2D eigenvalue weighted by atomic mass is 32.1. The highest BCUT2D eigenvalue weighted by Gasteiger charge is 2.16. The number of thiophene rings is 1. The maximum atomic E-state index is 5.12. The molecule has 7 aromatic carbocycles. The Bertz CT molecular complexity index is 2800. The molecule has 0 aliphatic carbocycles. The van der Waals surface area contributed by atoms with Gasteiger partial charge < -0.3 is 0 Å². The average molecular weight is 603 g/mol. The van der Waals surface area contributed by atoms with Gasteiger partial charge in [-0.3, -0.25) is 4.40 Å². The van der Waals surface area contributed by atoms with Gasteiger partial charge in [-0.05, 0) is 86.6 Å². The van der Waals surface area contributed by atoms with Crippen LogP contribution in [-0.2, 0) is 0 Å². The van der Waals surface area contributed by atoms with Crippen LogP contribution in [0, 0.1) is 0 Å². The zero-order valence-corrected chi connectivity index (χ0v) is 25.6. The summed E-state index contributed by atoms with van der Waals surface area (Å²) in [5.41, 5.74) is 10.5. The van der Waals surface area contributed by atoms with Crippen molar-refractivity contribution >= 4 is 69.7 Å². The number of nitrogens with zero attached hydrogens (tertiary/aromatic N) is 2. The van der Waals surface area contributed by atoms with E-state index in [0.29, 0.717) is 0 Å². The van der Waals surface area contributed by atoms with Crippen LogP contribution in [0.3, 0.4) is 0 Å². The van der Waals surface area contributed by atoms with Crippen molar-refractivity contribution < 1.29 is 0 Å². The van der Waals surface area contributed by atoms with Crippen LogP contribution in [0.1, 0.15) is 0 Å². The molecule has 214 valence electrons. The molecule has 0 bridgehead atoms. The molecule has 10 rings (SSSR count). The third kappa shape index (κ3) is 3.86. The first kappa shape index (κ1) is 25.5. The normalized spacial score (nSPS) is 11.9. The van der Waals surface area contributed by atoms with Gasteiger partial charge in [-0.1, -0.05) is 109 Å². The molecule has 10 aromatic rings. The maximum absolute atomic E-state index is 5.12. The molecule has 0 amide bonds. The Morgan fingerprint density at radius 1 is 0.391 bits per heavy atom. The highest BCUT2D eigenvalue weighted by Crippen LogP contribution is 2.40. The van der Waals surface area contributed by atoms with Gasteiger partial charge >= 0.3 is 0 Å². The van der Waals surface area contributed by atoms with E-state index in [1.165, 1.54) is 75.1 Å². The van der Waals surface area contributed by atoms with E-state index in [1.54, 1.807) is 0 Å². The van der Waals surface area contributed by atoms with Crippen molar-refractivity contribution in [1.29, 1.82) is 0 Å². The first-order chi connectivity index (χ1) is 22.8. The summed E-state index contributed by atoms with van der Waals surface area (Å²) in [6.07, 6.45) is 2.12. The number of aromatic nitrogens is 2. The first-order valence-electron chi connectivity index (χ1n) is 15.6. The van der Waals surface area contributed by atoms with Crippen LogP contribution >= 0.6 is 11.3 Å². The van der Waals surface area contributed by atoms with Crippen molar-refractivity contribution in [2.75, 3.05) is 0 Å². The van der Waals surface area contributed by atoms with Gasteiger partial charge in [0.2, 0.25) is 0 Å². The molecule has 0 fully saturated rings. The van der Waals surface area contributed by atoms with Gasteiger partial charge in [0.1, 0.15) is 5.65 Å². The number of hydrogen-bond acceptors (Lipinski definition) is 2. The Labute approximate surface area is 269 Å². The Morgan fingerprint density at radius 3 is 1.85 bits per heavy atom. The number of fused-ring (bicyclic) bond motifs is 11. The fourth-order valence-corrected chi connectivity index (χ4v) is 8.31. The summed E-state index contributed by atoms with van der Waals surface area (Å²) in [5, 5.41) is 7.51. The molecule has 0 unspecified atom stereocenters. The Hall–Kier alpha value is -5.77. The fraction of sp³-hybridized carbons (Fsp3) is 0. The van der Waals surface area contributed by atoms with Crippen molar-refractivity contribution in [3.63, 3.8) is 0 Å². The van der Waals surface area contributed by atoms with Crippen molar-refractivity contribution in [2.24, 2.45) is 0 Å². The van der Waals surface area contributed by atoms with Crippen LogP contribution in [0.2, 0.25) is 0 Å². The van der Waals surface area contributed by atoms with Crippen LogP contribution in [-0.4, -0.2) is 9.38 Å². The quantitative estimate of drug-likeness (QED) is 0.184. The number of rotatable bonds is 3. The van der Waals surface area contributed by atoms with Crippen molar-refractivity contribution in [3.05, 3.63) is 158 Å². The minimum Gasteiger partial charge on any atom is -0.299 e. The predicted molar refractivity (Wildman–Crippen MR) is 197 cm³/mol. The number of benzene rings is 7. The molecular weight excluding hydrogens is 577 g/mol. The van der Waals surface area contributed by atoms with Crippen LogP contribution in [0.4, 0.5) is 0 Å². The summed E-state index contributed by atoms with van der Waals surface area (Å²) in [5.74, 6) is 0. The Morgan fingerprint density at radius 2 is 1.00 bits per heavy atom. The van der Waals surface area contributed by atoms with Crippen LogP contribution in [0.15, 0.2) is 158 Å². The summed E-state index contributed by atoms with van der Waals surface area (Å²) in [4.78, 5) is 5.12. The minimum atomic E-state index is 0.964. The monoisotopic (exact) mass is 602 g/mol. The molecule has 0 saturated heterocycles. The molecule has 0 aliphatic rings. The summed E-state index contributed by atoms with van der Waals surface area (Å²) in [6, 6.07) is 55.2. The van der Waals surface area contributed by atoms with Gasteiger partial charge in [0.05, 0.1) is 11.0 Å². The van der Waals surface area contributed by atoms with E-state index in [2.05, 4.69) is 162 Å². The molecule has 0 N–H and O–H groups in total. The second-order valence-electron chi connectivity index (χ2n) is 12.0. The molecule has 2 nitrogen and oxygen atoms in total. The molecule has 0 radical (unpaired) electrons. The van der Waals surface area contributed by atoms with Crippen molar-refractivity contribution in [2.45, 2.75) is 0 Å². The second-order valence-corrected chi connectivity index (χ2v) is 13.1. The van der Waals surface area contributed by atoms with Gasteiger partial charge in [-0.25, -0.2) is 4.98 Å². The van der Waals surface area contributed by atoms with E-state index in [4.69, 9.17) is 4.98 Å². The lowest BCUT2D eigenvalue weighted by molar-refractivity contribution is 1.23. The van der Waals surface area contributed by atoms with E-state index >= 15 is 0 Å². The van der Waals surface area contributed by atoms with E-state index in [-0.39, 0.29) is 0 Å². The molecule has 3 heteroatoms. The highest BCUT2D eigenvalue weighted by molar-refractivity contribution is 7.25. The van der Waals surface area contributed by atoms with E-state index in [9.17, 15) is 0 Å². The smallest absolute Gasteiger partial charge is 0.137 e. The molecule has 46 heavy (non-hydrogen) atoms. The standard InChI is InChI=1S/C43H26N2S/c1-2-9-27(10-3-1)30-17-20-35-37(24-30)38-25-31(18-21-36(38)43-42(35)44-41-15-6-7-22-45(41)43)28-11-8-12-29(23-28)32-16-19-34-33-13-4-5-14-39(33)46-40(34)26-32/h1-26H. The van der Waals surface area contributed by atoms with Gasteiger partial charge in [0.15, 0.2) is 0 Å². The summed E-state index contributed by atoms with van der Waals surface area (Å²) < 4.78 is 4.89. The lowest BCUT2D eigenvalue weighted by Crippen LogP contribution is -1.88. The molecule has 0 atom stereocenters. The van der Waals surface area contributed by atoms with E-state index in [1.807, 2.05) is 11.3 Å². The summed E-state index contributed by atoms with van der Waals surface area (Å²) >= 11 is 1.87. The molecule has 3 aromatic heterocycles.